The summed E-state index contributed by atoms with van der Waals surface area (Å²) in [7, 11) is 0. The van der Waals surface area contributed by atoms with E-state index in [4.69, 9.17) is 4.74 Å². The summed E-state index contributed by atoms with van der Waals surface area (Å²) in [5.74, 6) is -0.883. The first kappa shape index (κ1) is 18.0. The number of benzene rings is 2. The molecule has 26 heavy (non-hydrogen) atoms. The second-order valence-corrected chi connectivity index (χ2v) is 7.27. The summed E-state index contributed by atoms with van der Waals surface area (Å²) < 4.78 is 5.02. The molecule has 1 aromatic heterocycles. The molecule has 3 rings (SSSR count). The van der Waals surface area contributed by atoms with Crippen LogP contribution >= 0.6 is 11.3 Å². The van der Waals surface area contributed by atoms with Gasteiger partial charge in [-0.05, 0) is 35.9 Å². The summed E-state index contributed by atoms with van der Waals surface area (Å²) in [6.45, 7) is 1.61. The third kappa shape index (κ3) is 4.43. The van der Waals surface area contributed by atoms with Crippen molar-refractivity contribution in [3.63, 3.8) is 0 Å². The third-order valence-electron chi connectivity index (χ3n) is 4.01. The topological polar surface area (TPSA) is 60.4 Å². The Morgan fingerprint density at radius 2 is 1.65 bits per heavy atom. The normalized spacial score (nSPS) is 10.7. The zero-order valence-corrected chi connectivity index (χ0v) is 15.2. The molecule has 0 saturated carbocycles. The number of fused-ring (bicyclic) bond motifs is 1. The van der Waals surface area contributed by atoms with Gasteiger partial charge < -0.3 is 4.74 Å². The van der Waals surface area contributed by atoms with E-state index in [1.807, 2.05) is 43.3 Å². The first-order chi connectivity index (χ1) is 12.5. The fraction of sp³-hybridized carbons (Fsp3) is 0.190. The lowest BCUT2D eigenvalue weighted by Crippen LogP contribution is -2.15. The summed E-state index contributed by atoms with van der Waals surface area (Å²) in [5, 5.41) is 2.00. The first-order valence-corrected chi connectivity index (χ1v) is 9.12. The molecule has 0 amide bonds. The number of aryl methyl sites for hydroxylation is 1. The molecule has 2 aromatic carbocycles. The van der Waals surface area contributed by atoms with Gasteiger partial charge in [0.1, 0.15) is 0 Å². The average Bonchev–Trinajstić information content (AvgIpc) is 3.10. The summed E-state index contributed by atoms with van der Waals surface area (Å²) in [6.07, 6.45) is 0.0593. The molecule has 3 aromatic rings. The fourth-order valence-electron chi connectivity index (χ4n) is 2.59. The first-order valence-electron chi connectivity index (χ1n) is 8.30. The van der Waals surface area contributed by atoms with Crippen LogP contribution in [0, 0.1) is 6.92 Å². The third-order valence-corrected chi connectivity index (χ3v) is 5.05. The Hall–Kier alpha value is -2.79. The molecule has 0 bridgehead atoms. The predicted molar refractivity (Wildman–Crippen MR) is 102 cm³/mol. The maximum Gasteiger partial charge on any atom is 0.306 e. The van der Waals surface area contributed by atoms with Crippen molar-refractivity contribution in [2.45, 2.75) is 19.8 Å². The molecule has 0 aliphatic carbocycles. The van der Waals surface area contributed by atoms with Gasteiger partial charge in [-0.25, -0.2) is 0 Å². The van der Waals surface area contributed by atoms with Gasteiger partial charge in [0, 0.05) is 16.9 Å². The van der Waals surface area contributed by atoms with Crippen LogP contribution in [0.5, 0.6) is 0 Å². The van der Waals surface area contributed by atoms with Crippen LogP contribution in [0.25, 0.3) is 10.8 Å². The number of ketones is 2. The van der Waals surface area contributed by atoms with Crippen molar-refractivity contribution in [1.82, 2.24) is 0 Å². The van der Waals surface area contributed by atoms with E-state index < -0.39 is 5.97 Å². The van der Waals surface area contributed by atoms with Crippen LogP contribution in [0.15, 0.2) is 54.6 Å². The molecule has 0 N–H and O–H groups in total. The van der Waals surface area contributed by atoms with Crippen LogP contribution < -0.4 is 0 Å². The van der Waals surface area contributed by atoms with Gasteiger partial charge in [0.2, 0.25) is 0 Å². The number of ether oxygens (including phenoxy) is 1. The Labute approximate surface area is 155 Å². The highest BCUT2D eigenvalue weighted by Gasteiger charge is 2.14. The molecule has 0 fully saturated rings. The van der Waals surface area contributed by atoms with Gasteiger partial charge in [0.25, 0.3) is 0 Å². The lowest BCUT2D eigenvalue weighted by molar-refractivity contribution is -0.142. The largest absolute Gasteiger partial charge is 0.457 e. The number of thiophene rings is 1. The van der Waals surface area contributed by atoms with Crippen molar-refractivity contribution in [2.75, 3.05) is 6.61 Å². The Balaban J connectivity index is 1.50. The minimum atomic E-state index is -0.541. The summed E-state index contributed by atoms with van der Waals surface area (Å²) in [4.78, 5) is 37.7. The SMILES string of the molecule is Cc1ccc(C(=O)CCC(=O)OCC(=O)c2ccc3ccccc3c2)s1. The molecule has 0 saturated heterocycles. The molecule has 0 aliphatic rings. The molecule has 0 spiro atoms. The molecule has 0 unspecified atom stereocenters. The summed E-state index contributed by atoms with van der Waals surface area (Å²) in [6, 6.07) is 16.7. The quantitative estimate of drug-likeness (QED) is 0.453. The second-order valence-electron chi connectivity index (χ2n) is 5.98. The van der Waals surface area contributed by atoms with E-state index in [2.05, 4.69) is 0 Å². The minimum absolute atomic E-state index is 0.0270. The van der Waals surface area contributed by atoms with E-state index in [0.29, 0.717) is 10.4 Å². The van der Waals surface area contributed by atoms with E-state index in [1.165, 1.54) is 11.3 Å². The van der Waals surface area contributed by atoms with Crippen molar-refractivity contribution in [3.8, 4) is 0 Å². The summed E-state index contributed by atoms with van der Waals surface area (Å²) >= 11 is 1.41. The van der Waals surface area contributed by atoms with E-state index in [0.717, 1.165) is 15.6 Å². The Morgan fingerprint density at radius 3 is 2.38 bits per heavy atom. The Bertz CT molecular complexity index is 971. The zero-order chi connectivity index (χ0) is 18.5. The van der Waals surface area contributed by atoms with E-state index in [9.17, 15) is 14.4 Å². The number of rotatable bonds is 7. The van der Waals surface area contributed by atoms with Gasteiger partial charge in [0.15, 0.2) is 18.2 Å². The Morgan fingerprint density at radius 1 is 0.885 bits per heavy atom. The maximum absolute atomic E-state index is 12.2. The van der Waals surface area contributed by atoms with E-state index in [-0.39, 0.29) is 31.0 Å². The highest BCUT2D eigenvalue weighted by molar-refractivity contribution is 7.14. The number of hydrogen-bond donors (Lipinski definition) is 0. The van der Waals surface area contributed by atoms with Gasteiger partial charge in [-0.1, -0.05) is 36.4 Å². The van der Waals surface area contributed by atoms with E-state index in [1.54, 1.807) is 18.2 Å². The van der Waals surface area contributed by atoms with E-state index >= 15 is 0 Å². The maximum atomic E-state index is 12.2. The fourth-order valence-corrected chi connectivity index (χ4v) is 3.42. The molecule has 132 valence electrons. The van der Waals surface area contributed by atoms with Gasteiger partial charge in [-0.3, -0.25) is 14.4 Å². The molecule has 4 nitrogen and oxygen atoms in total. The van der Waals surface area contributed by atoms with Crippen molar-refractivity contribution in [2.24, 2.45) is 0 Å². The number of carbonyl (C=O) groups is 3. The van der Waals surface area contributed by atoms with Crippen LogP contribution in [0.2, 0.25) is 0 Å². The lowest BCUT2D eigenvalue weighted by Gasteiger charge is -2.05. The molecule has 0 atom stereocenters. The molecule has 5 heteroatoms. The van der Waals surface area contributed by atoms with Gasteiger partial charge >= 0.3 is 5.97 Å². The molecular formula is C21H18O4S. The summed E-state index contributed by atoms with van der Waals surface area (Å²) in [5.41, 5.74) is 0.502. The van der Waals surface area contributed by atoms with Crippen molar-refractivity contribution in [1.29, 1.82) is 0 Å². The smallest absolute Gasteiger partial charge is 0.306 e. The standard InChI is InChI=1S/C21H18O4S/c1-14-6-10-20(26-14)18(22)9-11-21(24)25-13-19(23)17-8-7-15-4-2-3-5-16(15)12-17/h2-8,10,12H,9,11,13H2,1H3. The molecule has 0 radical (unpaired) electrons. The van der Waals surface area contributed by atoms with Crippen LogP contribution in [0.1, 0.15) is 37.7 Å². The van der Waals surface area contributed by atoms with Crippen molar-refractivity contribution < 1.29 is 19.1 Å². The second kappa shape index (κ2) is 8.06. The lowest BCUT2D eigenvalue weighted by atomic mass is 10.0. The average molecular weight is 366 g/mol. The highest BCUT2D eigenvalue weighted by atomic mass is 32.1. The van der Waals surface area contributed by atoms with Crippen molar-refractivity contribution in [3.05, 3.63) is 69.9 Å². The molecular weight excluding hydrogens is 348 g/mol. The van der Waals surface area contributed by atoms with Crippen LogP contribution in [-0.2, 0) is 9.53 Å². The predicted octanol–water partition coefficient (Wildman–Crippen LogP) is 4.60. The number of Topliss-reactive ketones (excluding diaryl/α,β-unsaturated/α-hetero) is 2. The number of carbonyl (C=O) groups excluding carboxylic acids is 3. The highest BCUT2D eigenvalue weighted by Crippen LogP contribution is 2.18. The van der Waals surface area contributed by atoms with Crippen LogP contribution in [-0.4, -0.2) is 24.1 Å². The van der Waals surface area contributed by atoms with Crippen LogP contribution in [0.4, 0.5) is 0 Å². The molecule has 0 aliphatic heterocycles. The zero-order valence-electron chi connectivity index (χ0n) is 14.4. The monoisotopic (exact) mass is 366 g/mol. The van der Waals surface area contributed by atoms with Gasteiger partial charge in [-0.2, -0.15) is 0 Å². The number of hydrogen-bond acceptors (Lipinski definition) is 5. The van der Waals surface area contributed by atoms with Crippen molar-refractivity contribution >= 4 is 39.6 Å². The number of esters is 1. The van der Waals surface area contributed by atoms with Gasteiger partial charge in [-0.15, -0.1) is 11.3 Å². The Kier molecular flexibility index (Phi) is 5.58. The minimum Gasteiger partial charge on any atom is -0.457 e. The van der Waals surface area contributed by atoms with Gasteiger partial charge in [0.05, 0.1) is 11.3 Å². The molecule has 1 heterocycles. The van der Waals surface area contributed by atoms with Crippen LogP contribution in [0.3, 0.4) is 0 Å².